The number of piperazine rings is 1. The fourth-order valence-corrected chi connectivity index (χ4v) is 4.60. The summed E-state index contributed by atoms with van der Waals surface area (Å²) in [6.45, 7) is 6.77. The molecule has 0 spiro atoms. The van der Waals surface area contributed by atoms with E-state index in [0.29, 0.717) is 6.04 Å². The van der Waals surface area contributed by atoms with Crippen LogP contribution in [0.3, 0.4) is 0 Å². The molecule has 0 amide bonds. The van der Waals surface area contributed by atoms with Crippen LogP contribution in [-0.2, 0) is 0 Å². The number of hydrogen-bond donors (Lipinski definition) is 2. The van der Waals surface area contributed by atoms with E-state index in [0.717, 1.165) is 24.5 Å². The third-order valence-electron chi connectivity index (χ3n) is 6.28. The van der Waals surface area contributed by atoms with Gasteiger partial charge in [-0.2, -0.15) is 0 Å². The van der Waals surface area contributed by atoms with E-state index in [9.17, 15) is 0 Å². The first kappa shape index (κ1) is 21.4. The first-order valence-corrected chi connectivity index (χ1v) is 11.4. The van der Waals surface area contributed by atoms with Gasteiger partial charge in [0, 0.05) is 17.5 Å². The number of methoxy groups -OCH3 is 1. The number of hydrogen-bond acceptors (Lipinski definition) is 2. The molecule has 4 heteroatoms. The van der Waals surface area contributed by atoms with E-state index in [4.69, 9.17) is 9.47 Å². The second-order valence-corrected chi connectivity index (χ2v) is 8.29. The Morgan fingerprint density at radius 3 is 1.81 bits per heavy atom. The highest BCUT2D eigenvalue weighted by atomic mass is 16.5. The van der Waals surface area contributed by atoms with Crippen LogP contribution in [0.4, 0.5) is 0 Å². The largest absolute Gasteiger partial charge is 0.497 e. The number of rotatable bonds is 9. The quantitative estimate of drug-likeness (QED) is 0.521. The van der Waals surface area contributed by atoms with Crippen LogP contribution in [0.25, 0.3) is 0 Å². The fourth-order valence-electron chi connectivity index (χ4n) is 4.60. The van der Waals surface area contributed by atoms with Gasteiger partial charge in [0.25, 0.3) is 0 Å². The van der Waals surface area contributed by atoms with Gasteiger partial charge in [-0.25, -0.2) is 0 Å². The zero-order valence-corrected chi connectivity index (χ0v) is 18.4. The lowest BCUT2D eigenvalue weighted by Crippen LogP contribution is -3.28. The summed E-state index contributed by atoms with van der Waals surface area (Å²) in [5, 5.41) is 0. The Balaban J connectivity index is 1.27. The molecule has 0 aromatic heterocycles. The number of benzene rings is 3. The minimum absolute atomic E-state index is 0.419. The minimum atomic E-state index is 0.419. The Labute approximate surface area is 186 Å². The van der Waals surface area contributed by atoms with Gasteiger partial charge in [-0.1, -0.05) is 60.7 Å². The monoisotopic (exact) mass is 418 g/mol. The van der Waals surface area contributed by atoms with Gasteiger partial charge < -0.3 is 19.3 Å². The molecular weight excluding hydrogens is 384 g/mol. The molecule has 0 unspecified atom stereocenters. The molecule has 2 N–H and O–H groups in total. The Hall–Kier alpha value is -2.82. The maximum Gasteiger partial charge on any atom is 0.139 e. The van der Waals surface area contributed by atoms with Gasteiger partial charge in [-0.05, 0) is 24.3 Å². The lowest BCUT2D eigenvalue weighted by Gasteiger charge is -2.35. The normalized spacial score (nSPS) is 18.6. The van der Waals surface area contributed by atoms with Gasteiger partial charge >= 0.3 is 0 Å². The molecule has 3 aromatic rings. The van der Waals surface area contributed by atoms with Crippen molar-refractivity contribution in [2.45, 2.75) is 12.5 Å². The van der Waals surface area contributed by atoms with Crippen LogP contribution in [0.15, 0.2) is 84.9 Å². The molecule has 1 aliphatic rings. The number of quaternary nitrogens is 2. The Morgan fingerprint density at radius 2 is 1.26 bits per heavy atom. The molecule has 4 rings (SSSR count). The Bertz CT molecular complexity index is 852. The summed E-state index contributed by atoms with van der Waals surface area (Å²) < 4.78 is 11.1. The fraction of sp³-hybridized carbons (Fsp3) is 0.333. The SMILES string of the molecule is COc1ccc(OCCC[NH+]2CC[NH+](C(c3ccccc3)c3ccccc3)CC2)cc1. The van der Waals surface area contributed by atoms with Crippen molar-refractivity contribution < 1.29 is 19.3 Å². The highest BCUT2D eigenvalue weighted by Gasteiger charge is 2.31. The zero-order chi connectivity index (χ0) is 21.3. The van der Waals surface area contributed by atoms with Crippen LogP contribution >= 0.6 is 0 Å². The van der Waals surface area contributed by atoms with E-state index in [1.54, 1.807) is 16.9 Å². The topological polar surface area (TPSA) is 27.3 Å². The highest BCUT2D eigenvalue weighted by Crippen LogP contribution is 2.19. The van der Waals surface area contributed by atoms with Crippen LogP contribution in [0, 0.1) is 0 Å². The summed E-state index contributed by atoms with van der Waals surface area (Å²) in [6, 6.07) is 30.2. The van der Waals surface area contributed by atoms with Crippen molar-refractivity contribution in [3.8, 4) is 11.5 Å². The second kappa shape index (κ2) is 11.0. The van der Waals surface area contributed by atoms with Crippen molar-refractivity contribution in [1.29, 1.82) is 0 Å². The molecule has 0 saturated carbocycles. The van der Waals surface area contributed by atoms with Crippen molar-refractivity contribution in [1.82, 2.24) is 0 Å². The van der Waals surface area contributed by atoms with Gasteiger partial charge in [-0.15, -0.1) is 0 Å². The summed E-state index contributed by atoms with van der Waals surface area (Å²) >= 11 is 0. The lowest BCUT2D eigenvalue weighted by atomic mass is 9.96. The second-order valence-electron chi connectivity index (χ2n) is 8.29. The maximum absolute atomic E-state index is 5.90. The molecule has 0 aliphatic carbocycles. The van der Waals surface area contributed by atoms with E-state index in [2.05, 4.69) is 60.7 Å². The molecular formula is C27H34N2O2+2. The maximum atomic E-state index is 5.90. The average molecular weight is 419 g/mol. The molecule has 0 atom stereocenters. The number of nitrogens with one attached hydrogen (secondary N) is 2. The van der Waals surface area contributed by atoms with Crippen molar-refractivity contribution in [2.75, 3.05) is 46.4 Å². The Kier molecular flexibility index (Phi) is 7.59. The summed E-state index contributed by atoms with van der Waals surface area (Å²) in [4.78, 5) is 3.37. The molecule has 31 heavy (non-hydrogen) atoms. The van der Waals surface area contributed by atoms with Crippen molar-refractivity contribution >= 4 is 0 Å². The third kappa shape index (κ3) is 5.87. The first-order valence-electron chi connectivity index (χ1n) is 11.4. The van der Waals surface area contributed by atoms with Crippen molar-refractivity contribution in [3.63, 3.8) is 0 Å². The van der Waals surface area contributed by atoms with Crippen molar-refractivity contribution in [2.24, 2.45) is 0 Å². The van der Waals surface area contributed by atoms with Crippen LogP contribution in [0.1, 0.15) is 23.6 Å². The van der Waals surface area contributed by atoms with Crippen LogP contribution in [-0.4, -0.2) is 46.4 Å². The van der Waals surface area contributed by atoms with E-state index in [1.165, 1.54) is 43.9 Å². The summed E-state index contributed by atoms with van der Waals surface area (Å²) in [6.07, 6.45) is 1.08. The van der Waals surface area contributed by atoms with E-state index in [1.807, 2.05) is 24.3 Å². The van der Waals surface area contributed by atoms with Gasteiger partial charge in [0.15, 0.2) is 0 Å². The predicted octanol–water partition coefficient (Wildman–Crippen LogP) is 2.04. The van der Waals surface area contributed by atoms with Crippen LogP contribution in [0.2, 0.25) is 0 Å². The molecule has 162 valence electrons. The predicted molar refractivity (Wildman–Crippen MR) is 124 cm³/mol. The summed E-state index contributed by atoms with van der Waals surface area (Å²) in [7, 11) is 1.68. The van der Waals surface area contributed by atoms with Gasteiger partial charge in [-0.3, -0.25) is 0 Å². The highest BCUT2D eigenvalue weighted by molar-refractivity contribution is 5.31. The van der Waals surface area contributed by atoms with E-state index in [-0.39, 0.29) is 0 Å². The third-order valence-corrected chi connectivity index (χ3v) is 6.28. The number of ether oxygens (including phenoxy) is 2. The van der Waals surface area contributed by atoms with Crippen LogP contribution in [0.5, 0.6) is 11.5 Å². The molecule has 1 aliphatic heterocycles. The molecule has 0 radical (unpaired) electrons. The summed E-state index contributed by atoms with van der Waals surface area (Å²) in [5.74, 6) is 1.78. The summed E-state index contributed by atoms with van der Waals surface area (Å²) in [5.41, 5.74) is 2.83. The van der Waals surface area contributed by atoms with E-state index < -0.39 is 0 Å². The van der Waals surface area contributed by atoms with Crippen molar-refractivity contribution in [3.05, 3.63) is 96.1 Å². The molecule has 1 saturated heterocycles. The zero-order valence-electron chi connectivity index (χ0n) is 18.4. The average Bonchev–Trinajstić information content (AvgIpc) is 2.85. The molecule has 4 nitrogen and oxygen atoms in total. The smallest absolute Gasteiger partial charge is 0.139 e. The minimum Gasteiger partial charge on any atom is -0.497 e. The Morgan fingerprint density at radius 1 is 0.710 bits per heavy atom. The molecule has 3 aromatic carbocycles. The molecule has 1 fully saturated rings. The standard InChI is InChI=1S/C27H32N2O2/c1-30-25-13-15-26(16-14-25)31-22-8-17-28-18-20-29(21-19-28)27(23-9-4-2-5-10-23)24-11-6-3-7-12-24/h2-7,9-16,27H,8,17-22H2,1H3/p+2. The van der Waals surface area contributed by atoms with Gasteiger partial charge in [0.05, 0.1) is 20.3 Å². The van der Waals surface area contributed by atoms with Gasteiger partial charge in [0.2, 0.25) is 0 Å². The lowest BCUT2D eigenvalue weighted by molar-refractivity contribution is -1.02. The van der Waals surface area contributed by atoms with Gasteiger partial charge in [0.1, 0.15) is 43.7 Å². The molecule has 0 bridgehead atoms. The van der Waals surface area contributed by atoms with E-state index >= 15 is 0 Å². The molecule has 1 heterocycles. The first-order chi connectivity index (χ1) is 15.3. The van der Waals surface area contributed by atoms with Crippen LogP contribution < -0.4 is 19.3 Å².